The molecule has 0 amide bonds. The Bertz CT molecular complexity index is 629. The highest BCUT2D eigenvalue weighted by Gasteiger charge is 2.52. The van der Waals surface area contributed by atoms with Crippen molar-refractivity contribution in [2.45, 2.75) is 64.2 Å². The van der Waals surface area contributed by atoms with E-state index >= 15 is 0 Å². The van der Waals surface area contributed by atoms with Crippen molar-refractivity contribution in [2.24, 2.45) is 11.8 Å². The Hall–Kier alpha value is -1.44. The molecule has 7 heteroatoms. The van der Waals surface area contributed by atoms with Crippen molar-refractivity contribution in [1.29, 1.82) is 0 Å². The highest BCUT2D eigenvalue weighted by molar-refractivity contribution is 5.08. The molecule has 5 atom stereocenters. The summed E-state index contributed by atoms with van der Waals surface area (Å²) >= 11 is 0. The molecule has 0 bridgehead atoms. The van der Waals surface area contributed by atoms with E-state index in [-0.39, 0.29) is 18.2 Å². The summed E-state index contributed by atoms with van der Waals surface area (Å²) in [6.45, 7) is 7.26. The second kappa shape index (κ2) is 7.66. The molecular weight excluding hydrogens is 328 g/mol. The SMILES string of the molecule is CC1CC(c2cnc(CCC[C@@H]3CCNC3)cn2)NN2CC(C)[N+](=O)C12. The molecule has 3 saturated heterocycles. The normalized spacial score (nSPS) is 35.0. The summed E-state index contributed by atoms with van der Waals surface area (Å²) in [4.78, 5) is 21.6. The van der Waals surface area contributed by atoms with Crippen LogP contribution in [0.25, 0.3) is 0 Å². The number of aromatic nitrogens is 2. The van der Waals surface area contributed by atoms with Gasteiger partial charge >= 0.3 is 0 Å². The van der Waals surface area contributed by atoms with Crippen LogP contribution in [-0.4, -0.2) is 51.6 Å². The van der Waals surface area contributed by atoms with Crippen LogP contribution < -0.4 is 10.7 Å². The number of nitrogens with zero attached hydrogens (tertiary/aromatic N) is 4. The van der Waals surface area contributed by atoms with Crippen molar-refractivity contribution >= 4 is 0 Å². The van der Waals surface area contributed by atoms with Crippen molar-refractivity contribution < 1.29 is 4.76 Å². The average molecular weight is 359 g/mol. The van der Waals surface area contributed by atoms with Crippen LogP contribution in [0.3, 0.4) is 0 Å². The highest BCUT2D eigenvalue weighted by atomic mass is 16.3. The molecular formula is C19H31N6O+. The van der Waals surface area contributed by atoms with Crippen molar-refractivity contribution in [1.82, 2.24) is 25.7 Å². The summed E-state index contributed by atoms with van der Waals surface area (Å²) in [6.07, 6.45) is 9.50. The minimum absolute atomic E-state index is 0.0391. The second-order valence-corrected chi connectivity index (χ2v) is 8.35. The lowest BCUT2D eigenvalue weighted by atomic mass is 9.95. The quantitative estimate of drug-likeness (QED) is 0.781. The van der Waals surface area contributed by atoms with E-state index in [1.165, 1.54) is 37.1 Å². The fourth-order valence-electron chi connectivity index (χ4n) is 4.70. The van der Waals surface area contributed by atoms with Gasteiger partial charge < -0.3 is 5.32 Å². The second-order valence-electron chi connectivity index (χ2n) is 8.35. The fourth-order valence-corrected chi connectivity index (χ4v) is 4.70. The highest BCUT2D eigenvalue weighted by Crippen LogP contribution is 2.33. The lowest BCUT2D eigenvalue weighted by Gasteiger charge is -2.34. The Morgan fingerprint density at radius 2 is 2.19 bits per heavy atom. The van der Waals surface area contributed by atoms with Gasteiger partial charge in [0.05, 0.1) is 30.2 Å². The van der Waals surface area contributed by atoms with Crippen molar-refractivity contribution in [3.8, 4) is 0 Å². The first-order valence-corrected chi connectivity index (χ1v) is 10.1. The zero-order valence-electron chi connectivity index (χ0n) is 15.9. The average Bonchev–Trinajstić information content (AvgIpc) is 3.24. The number of aryl methyl sites for hydroxylation is 1. The third-order valence-corrected chi connectivity index (χ3v) is 6.20. The Balaban J connectivity index is 1.33. The number of nitrogens with one attached hydrogen (secondary N) is 2. The number of fused-ring (bicyclic) bond motifs is 1. The van der Waals surface area contributed by atoms with Gasteiger partial charge in [-0.1, -0.05) is 6.92 Å². The van der Waals surface area contributed by atoms with Gasteiger partial charge in [0.1, 0.15) is 0 Å². The van der Waals surface area contributed by atoms with Crippen molar-refractivity contribution in [3.05, 3.63) is 28.7 Å². The molecule has 26 heavy (non-hydrogen) atoms. The van der Waals surface area contributed by atoms with E-state index in [1.807, 2.05) is 19.3 Å². The molecule has 3 fully saturated rings. The molecule has 3 aliphatic heterocycles. The summed E-state index contributed by atoms with van der Waals surface area (Å²) < 4.78 is 1.24. The molecule has 0 aliphatic carbocycles. The van der Waals surface area contributed by atoms with Crippen LogP contribution in [-0.2, 0) is 6.42 Å². The van der Waals surface area contributed by atoms with Gasteiger partial charge in [0, 0.05) is 28.7 Å². The Labute approximate surface area is 155 Å². The van der Waals surface area contributed by atoms with Crippen LogP contribution >= 0.6 is 0 Å². The van der Waals surface area contributed by atoms with Crippen molar-refractivity contribution in [3.63, 3.8) is 0 Å². The molecule has 2 N–H and O–H groups in total. The molecule has 4 unspecified atom stereocenters. The monoisotopic (exact) mass is 359 g/mol. The van der Waals surface area contributed by atoms with Gasteiger partial charge in [0.25, 0.3) is 6.17 Å². The van der Waals surface area contributed by atoms with Crippen LogP contribution in [0.2, 0.25) is 0 Å². The van der Waals surface area contributed by atoms with Crippen molar-refractivity contribution in [2.75, 3.05) is 19.6 Å². The van der Waals surface area contributed by atoms with Gasteiger partial charge in [-0.05, 0) is 51.1 Å². The summed E-state index contributed by atoms with van der Waals surface area (Å²) in [5, 5.41) is 5.53. The summed E-state index contributed by atoms with van der Waals surface area (Å²) in [5.41, 5.74) is 5.57. The molecule has 7 nitrogen and oxygen atoms in total. The van der Waals surface area contributed by atoms with Gasteiger partial charge in [-0.25, -0.2) is 5.43 Å². The number of rotatable bonds is 5. The van der Waals surface area contributed by atoms with Gasteiger partial charge in [0.2, 0.25) is 6.04 Å². The number of hydrogen-bond donors (Lipinski definition) is 2. The van der Waals surface area contributed by atoms with Gasteiger partial charge in [-0.15, -0.1) is 0 Å². The smallest absolute Gasteiger partial charge is 0.272 e. The molecule has 0 aromatic carbocycles. The Morgan fingerprint density at radius 3 is 2.92 bits per heavy atom. The molecule has 0 radical (unpaired) electrons. The van der Waals surface area contributed by atoms with E-state index in [0.29, 0.717) is 5.92 Å². The summed E-state index contributed by atoms with van der Waals surface area (Å²) in [5.74, 6) is 1.15. The predicted octanol–water partition coefficient (Wildman–Crippen LogP) is 1.80. The van der Waals surface area contributed by atoms with Gasteiger partial charge in [-0.2, -0.15) is 5.01 Å². The first-order valence-electron chi connectivity index (χ1n) is 10.1. The summed E-state index contributed by atoms with van der Waals surface area (Å²) in [7, 11) is 0. The van der Waals surface area contributed by atoms with Crippen LogP contribution in [0, 0.1) is 16.7 Å². The number of nitroso groups, excluding NO2 is 1. The first kappa shape index (κ1) is 17.9. The molecule has 4 rings (SSSR count). The number of hydrogen-bond acceptors (Lipinski definition) is 6. The maximum atomic E-state index is 12.2. The lowest BCUT2D eigenvalue weighted by Crippen LogP contribution is -2.53. The molecule has 1 aromatic heterocycles. The van der Waals surface area contributed by atoms with E-state index in [9.17, 15) is 4.91 Å². The topological polar surface area (TPSA) is 73.2 Å². The minimum Gasteiger partial charge on any atom is -0.316 e. The predicted molar refractivity (Wildman–Crippen MR) is 99.2 cm³/mol. The maximum absolute atomic E-state index is 12.2. The van der Waals surface area contributed by atoms with E-state index in [4.69, 9.17) is 0 Å². The lowest BCUT2D eigenvalue weighted by molar-refractivity contribution is -0.615. The van der Waals surface area contributed by atoms with Crippen LogP contribution in [0.15, 0.2) is 12.4 Å². The maximum Gasteiger partial charge on any atom is 0.272 e. The third kappa shape index (κ3) is 3.66. The zero-order valence-corrected chi connectivity index (χ0v) is 15.9. The number of hydrazine groups is 1. The van der Waals surface area contributed by atoms with Crippen LogP contribution in [0.1, 0.15) is 57.0 Å². The van der Waals surface area contributed by atoms with Crippen LogP contribution in [0.5, 0.6) is 0 Å². The standard InChI is InChI=1S/C19H31N6O/c1-13-8-17(23-24-12-14(2)25(26)19(13)24)18-11-21-16(10-22-18)5-3-4-15-6-7-20-9-15/h10-11,13-15,17,19-20,23H,3-9,12H2,1-2H3/q+1/t13?,14?,15-,17?,19?/m1/s1. The fraction of sp³-hybridized carbons (Fsp3) is 0.789. The third-order valence-electron chi connectivity index (χ3n) is 6.20. The first-order chi connectivity index (χ1) is 12.6. The van der Waals surface area contributed by atoms with E-state index in [1.54, 1.807) is 0 Å². The molecule has 1 aromatic rings. The molecule has 0 spiro atoms. The van der Waals surface area contributed by atoms with Gasteiger partial charge in [0.15, 0.2) is 0 Å². The molecule has 4 heterocycles. The van der Waals surface area contributed by atoms with Crippen LogP contribution in [0.4, 0.5) is 0 Å². The zero-order chi connectivity index (χ0) is 18.1. The van der Waals surface area contributed by atoms with E-state index < -0.39 is 0 Å². The van der Waals surface area contributed by atoms with E-state index in [2.05, 4.69) is 32.6 Å². The largest absolute Gasteiger partial charge is 0.316 e. The van der Waals surface area contributed by atoms with E-state index in [0.717, 1.165) is 36.7 Å². The Morgan fingerprint density at radius 1 is 1.31 bits per heavy atom. The molecule has 0 saturated carbocycles. The molecule has 3 aliphatic rings. The van der Waals surface area contributed by atoms with Gasteiger partial charge in [-0.3, -0.25) is 9.97 Å². The Kier molecular flexibility index (Phi) is 5.29. The summed E-state index contributed by atoms with van der Waals surface area (Å²) in [6, 6.07) is 0.184. The molecule has 142 valence electrons. The minimum atomic E-state index is -0.0569.